The summed E-state index contributed by atoms with van der Waals surface area (Å²) in [6.07, 6.45) is -4.75. The van der Waals surface area contributed by atoms with Crippen LogP contribution >= 0.6 is 0 Å². The summed E-state index contributed by atoms with van der Waals surface area (Å²) in [5.74, 6) is -3.30. The summed E-state index contributed by atoms with van der Waals surface area (Å²) in [7, 11) is 0. The molecule has 2 N–H and O–H groups in total. The monoisotopic (exact) mass is 440 g/mol. The molecule has 7 nitrogen and oxygen atoms in total. The summed E-state index contributed by atoms with van der Waals surface area (Å²) in [5, 5.41) is 15.1. The molecule has 0 aliphatic carbocycles. The second kappa shape index (κ2) is 9.67. The number of benzene rings is 1. The SMILES string of the molecule is CCOC(=O)C1=C(C)NC(/C(C)=N/O)=C(C(=O)OCC)C1c1ccccc1C(F)(F)F. The molecule has 0 fully saturated rings. The molecule has 31 heavy (non-hydrogen) atoms. The second-order valence-corrected chi connectivity index (χ2v) is 6.60. The predicted molar refractivity (Wildman–Crippen MR) is 105 cm³/mol. The lowest BCUT2D eigenvalue weighted by Gasteiger charge is -2.32. The Bertz CT molecular complexity index is 964. The number of carbonyl (C=O) groups is 2. The summed E-state index contributed by atoms with van der Waals surface area (Å²) in [5.41, 5.74) is -1.76. The van der Waals surface area contributed by atoms with E-state index in [1.165, 1.54) is 39.0 Å². The third-order valence-electron chi connectivity index (χ3n) is 4.64. The molecule has 0 amide bonds. The first-order chi connectivity index (χ1) is 14.6. The second-order valence-electron chi connectivity index (χ2n) is 6.60. The average Bonchev–Trinajstić information content (AvgIpc) is 2.71. The molecule has 1 aliphatic rings. The van der Waals surface area contributed by atoms with Gasteiger partial charge in [-0.15, -0.1) is 0 Å². The number of hydrogen-bond donors (Lipinski definition) is 2. The highest BCUT2D eigenvalue weighted by atomic mass is 19.4. The molecule has 2 rings (SSSR count). The van der Waals surface area contributed by atoms with E-state index in [1.54, 1.807) is 6.92 Å². The minimum absolute atomic E-state index is 0.0221. The van der Waals surface area contributed by atoms with E-state index in [-0.39, 0.29) is 47.0 Å². The quantitative estimate of drug-likeness (QED) is 0.301. The van der Waals surface area contributed by atoms with Gasteiger partial charge in [-0.25, -0.2) is 9.59 Å². The molecular weight excluding hydrogens is 417 g/mol. The van der Waals surface area contributed by atoms with Crippen molar-refractivity contribution in [1.82, 2.24) is 5.32 Å². The van der Waals surface area contributed by atoms with Gasteiger partial charge in [0, 0.05) is 5.70 Å². The molecule has 0 aromatic heterocycles. The number of oxime groups is 1. The van der Waals surface area contributed by atoms with Crippen LogP contribution in [0.1, 0.15) is 44.7 Å². The third kappa shape index (κ3) is 4.89. The van der Waals surface area contributed by atoms with E-state index in [9.17, 15) is 28.0 Å². The largest absolute Gasteiger partial charge is 0.463 e. The number of hydrogen-bond acceptors (Lipinski definition) is 7. The number of carbonyl (C=O) groups excluding carboxylic acids is 2. The highest BCUT2D eigenvalue weighted by molar-refractivity contribution is 6.09. The molecule has 1 aliphatic heterocycles. The van der Waals surface area contributed by atoms with Crippen molar-refractivity contribution >= 4 is 17.7 Å². The Labute approximate surface area is 177 Å². The minimum Gasteiger partial charge on any atom is -0.463 e. The van der Waals surface area contributed by atoms with E-state index in [2.05, 4.69) is 10.5 Å². The standard InChI is InChI=1S/C21H23F3N2O5/c1-5-30-19(27)15-11(3)25-18(12(4)26-29)17(20(28)31-6-2)16(15)13-9-7-8-10-14(13)21(22,23)24/h7-10,16,25,29H,5-6H2,1-4H3/b26-12+. The van der Waals surface area contributed by atoms with E-state index < -0.39 is 29.6 Å². The van der Waals surface area contributed by atoms with E-state index in [0.717, 1.165) is 6.07 Å². The zero-order chi connectivity index (χ0) is 23.3. The van der Waals surface area contributed by atoms with Gasteiger partial charge in [-0.2, -0.15) is 13.2 Å². The van der Waals surface area contributed by atoms with Crippen LogP contribution in [-0.2, 0) is 25.2 Å². The molecule has 1 unspecified atom stereocenters. The topological polar surface area (TPSA) is 97.2 Å². The summed E-state index contributed by atoms with van der Waals surface area (Å²) in [6, 6.07) is 4.64. The van der Waals surface area contributed by atoms with Crippen LogP contribution in [-0.4, -0.2) is 36.1 Å². The Hall–Kier alpha value is -3.30. The number of rotatable bonds is 6. The summed E-state index contributed by atoms with van der Waals surface area (Å²) < 4.78 is 51.6. The van der Waals surface area contributed by atoms with Gasteiger partial charge in [-0.05, 0) is 39.3 Å². The number of nitrogens with one attached hydrogen (secondary N) is 1. The van der Waals surface area contributed by atoms with E-state index in [1.807, 2.05) is 0 Å². The summed E-state index contributed by atoms with van der Waals surface area (Å²) >= 11 is 0. The molecule has 168 valence electrons. The molecule has 10 heteroatoms. The molecule has 0 saturated heterocycles. The molecule has 1 aromatic carbocycles. The lowest BCUT2D eigenvalue weighted by atomic mass is 9.77. The van der Waals surface area contributed by atoms with Crippen molar-refractivity contribution < 1.29 is 37.4 Å². The molecule has 1 atom stereocenters. The Morgan fingerprint density at radius 2 is 1.65 bits per heavy atom. The average molecular weight is 440 g/mol. The van der Waals surface area contributed by atoms with Crippen molar-refractivity contribution in [2.24, 2.45) is 5.16 Å². The molecule has 0 spiro atoms. The Morgan fingerprint density at radius 3 is 2.16 bits per heavy atom. The lowest BCUT2D eigenvalue weighted by molar-refractivity contribution is -0.142. The zero-order valence-electron chi connectivity index (χ0n) is 17.5. The maximum Gasteiger partial charge on any atom is 0.416 e. The summed E-state index contributed by atoms with van der Waals surface area (Å²) in [4.78, 5) is 25.7. The Balaban J connectivity index is 2.93. The Morgan fingerprint density at radius 1 is 1.10 bits per heavy atom. The van der Waals surface area contributed by atoms with Gasteiger partial charge in [0.25, 0.3) is 0 Å². The molecule has 0 saturated carbocycles. The summed E-state index contributed by atoms with van der Waals surface area (Å²) in [6.45, 7) is 5.83. The zero-order valence-corrected chi connectivity index (χ0v) is 17.5. The number of allylic oxidation sites excluding steroid dienone is 2. The Kier molecular flexibility index (Phi) is 7.48. The maximum atomic E-state index is 13.8. The number of halogens is 3. The van der Waals surface area contributed by atoms with Crippen LogP contribution in [0.5, 0.6) is 0 Å². The van der Waals surface area contributed by atoms with E-state index in [0.29, 0.717) is 0 Å². The van der Waals surface area contributed by atoms with E-state index in [4.69, 9.17) is 9.47 Å². The number of esters is 2. The van der Waals surface area contributed by atoms with Gasteiger partial charge in [-0.1, -0.05) is 23.4 Å². The minimum atomic E-state index is -4.75. The fourth-order valence-electron chi connectivity index (χ4n) is 3.39. The first kappa shape index (κ1) is 24.0. The van der Waals surface area contributed by atoms with Crippen molar-refractivity contribution in [3.63, 3.8) is 0 Å². The van der Waals surface area contributed by atoms with Crippen molar-refractivity contribution in [1.29, 1.82) is 0 Å². The third-order valence-corrected chi connectivity index (χ3v) is 4.64. The van der Waals surface area contributed by atoms with Gasteiger partial charge in [0.2, 0.25) is 0 Å². The van der Waals surface area contributed by atoms with Crippen LogP contribution in [0, 0.1) is 0 Å². The highest BCUT2D eigenvalue weighted by Gasteiger charge is 2.44. The number of ether oxygens (including phenoxy) is 2. The van der Waals surface area contributed by atoms with Crippen LogP contribution in [0.2, 0.25) is 0 Å². The van der Waals surface area contributed by atoms with E-state index >= 15 is 0 Å². The molecular formula is C21H23F3N2O5. The molecule has 1 heterocycles. The number of alkyl halides is 3. The predicted octanol–water partition coefficient (Wildman–Crippen LogP) is 3.90. The molecule has 0 radical (unpaired) electrons. The fraction of sp³-hybridized carbons (Fsp3) is 0.381. The maximum absolute atomic E-state index is 13.8. The molecule has 1 aromatic rings. The van der Waals surface area contributed by atoms with Crippen LogP contribution in [0.4, 0.5) is 13.2 Å². The van der Waals surface area contributed by atoms with Crippen LogP contribution in [0.15, 0.2) is 52.0 Å². The highest BCUT2D eigenvalue weighted by Crippen LogP contribution is 2.44. The lowest BCUT2D eigenvalue weighted by Crippen LogP contribution is -2.36. The normalized spacial score (nSPS) is 17.4. The van der Waals surface area contributed by atoms with Gasteiger partial charge in [0.1, 0.15) is 5.71 Å². The smallest absolute Gasteiger partial charge is 0.416 e. The van der Waals surface area contributed by atoms with Crippen molar-refractivity contribution in [3.8, 4) is 0 Å². The first-order valence-electron chi connectivity index (χ1n) is 9.49. The van der Waals surface area contributed by atoms with Gasteiger partial charge >= 0.3 is 18.1 Å². The van der Waals surface area contributed by atoms with Crippen LogP contribution < -0.4 is 5.32 Å². The van der Waals surface area contributed by atoms with Crippen LogP contribution in [0.3, 0.4) is 0 Å². The molecule has 0 bridgehead atoms. The number of nitrogens with zero attached hydrogens (tertiary/aromatic N) is 1. The van der Waals surface area contributed by atoms with Crippen molar-refractivity contribution in [3.05, 3.63) is 57.9 Å². The van der Waals surface area contributed by atoms with Crippen molar-refractivity contribution in [2.75, 3.05) is 13.2 Å². The van der Waals surface area contributed by atoms with Gasteiger partial charge in [-0.3, -0.25) is 0 Å². The fourth-order valence-corrected chi connectivity index (χ4v) is 3.39. The van der Waals surface area contributed by atoms with Gasteiger partial charge in [0.05, 0.1) is 41.5 Å². The van der Waals surface area contributed by atoms with Crippen LogP contribution in [0.25, 0.3) is 0 Å². The number of dihydropyridines is 1. The van der Waals surface area contributed by atoms with Crippen molar-refractivity contribution in [2.45, 2.75) is 39.8 Å². The first-order valence-corrected chi connectivity index (χ1v) is 9.49. The van der Waals surface area contributed by atoms with Gasteiger partial charge in [0.15, 0.2) is 0 Å². The van der Waals surface area contributed by atoms with Gasteiger partial charge < -0.3 is 20.0 Å².